The minimum Gasteiger partial charge on any atom is -0.256 e. The van der Waals surface area contributed by atoms with Crippen LogP contribution in [0.1, 0.15) is 18.4 Å². The molecule has 0 bridgehead atoms. The minimum absolute atomic E-state index is 0.753. The number of halogens is 1. The predicted molar refractivity (Wildman–Crippen MR) is 65.4 cm³/mol. The Bertz CT molecular complexity index is 434. The molecule has 0 aliphatic heterocycles. The molecule has 0 radical (unpaired) electrons. The van der Waals surface area contributed by atoms with E-state index in [4.69, 9.17) is 11.6 Å². The average Bonchev–Trinajstić information content (AvgIpc) is 2.30. The van der Waals surface area contributed by atoms with Gasteiger partial charge in [0.2, 0.25) is 0 Å². The molecule has 1 heterocycles. The number of unbranched alkanes of at least 4 members (excludes halogenated alkanes) is 1. The molecule has 1 aromatic carbocycles. The SMILES string of the molecule is ClCCCCc1cccc2ncccc12. The molecule has 2 rings (SSSR count). The molecule has 0 saturated heterocycles. The highest BCUT2D eigenvalue weighted by Gasteiger charge is 2.00. The number of nitrogens with zero attached hydrogens (tertiary/aromatic N) is 1. The van der Waals surface area contributed by atoms with Gasteiger partial charge in [0.05, 0.1) is 5.52 Å². The maximum Gasteiger partial charge on any atom is 0.0704 e. The van der Waals surface area contributed by atoms with Crippen LogP contribution in [0.4, 0.5) is 0 Å². The molecule has 0 saturated carbocycles. The molecule has 0 N–H and O–H groups in total. The lowest BCUT2D eigenvalue weighted by Gasteiger charge is -2.04. The van der Waals surface area contributed by atoms with E-state index in [1.54, 1.807) is 0 Å². The Hall–Kier alpha value is -1.08. The van der Waals surface area contributed by atoms with E-state index < -0.39 is 0 Å². The van der Waals surface area contributed by atoms with Gasteiger partial charge < -0.3 is 0 Å². The Morgan fingerprint density at radius 2 is 2.00 bits per heavy atom. The van der Waals surface area contributed by atoms with Crippen molar-refractivity contribution < 1.29 is 0 Å². The predicted octanol–water partition coefficient (Wildman–Crippen LogP) is 3.80. The third-order valence-electron chi connectivity index (χ3n) is 2.57. The molecule has 1 nitrogen and oxygen atoms in total. The van der Waals surface area contributed by atoms with Gasteiger partial charge in [0.15, 0.2) is 0 Å². The van der Waals surface area contributed by atoms with Crippen molar-refractivity contribution in [2.45, 2.75) is 19.3 Å². The Balaban J connectivity index is 2.26. The van der Waals surface area contributed by atoms with E-state index in [1.807, 2.05) is 12.3 Å². The average molecular weight is 220 g/mol. The van der Waals surface area contributed by atoms with Crippen LogP contribution < -0.4 is 0 Å². The van der Waals surface area contributed by atoms with Gasteiger partial charge >= 0.3 is 0 Å². The molecule has 0 unspecified atom stereocenters. The maximum atomic E-state index is 5.67. The summed E-state index contributed by atoms with van der Waals surface area (Å²) in [6.45, 7) is 0. The number of fused-ring (bicyclic) bond motifs is 1. The Kier molecular flexibility index (Phi) is 3.57. The molecular formula is C13H14ClN. The summed E-state index contributed by atoms with van der Waals surface area (Å²) in [5.74, 6) is 0.753. The number of rotatable bonds is 4. The van der Waals surface area contributed by atoms with Gasteiger partial charge in [0.25, 0.3) is 0 Å². The first-order chi connectivity index (χ1) is 7.42. The molecule has 1 aromatic heterocycles. The summed E-state index contributed by atoms with van der Waals surface area (Å²) in [6, 6.07) is 10.4. The zero-order valence-electron chi connectivity index (χ0n) is 8.62. The quantitative estimate of drug-likeness (QED) is 0.563. The van der Waals surface area contributed by atoms with E-state index in [0.717, 1.165) is 30.7 Å². The van der Waals surface area contributed by atoms with Crippen LogP contribution in [0.25, 0.3) is 10.9 Å². The van der Waals surface area contributed by atoms with Crippen molar-refractivity contribution in [2.24, 2.45) is 0 Å². The van der Waals surface area contributed by atoms with Gasteiger partial charge in [-0.05, 0) is 37.0 Å². The van der Waals surface area contributed by atoms with Crippen LogP contribution in [0.5, 0.6) is 0 Å². The van der Waals surface area contributed by atoms with Gasteiger partial charge in [-0.2, -0.15) is 0 Å². The van der Waals surface area contributed by atoms with E-state index in [9.17, 15) is 0 Å². The van der Waals surface area contributed by atoms with E-state index in [-0.39, 0.29) is 0 Å². The lowest BCUT2D eigenvalue weighted by atomic mass is 10.0. The highest BCUT2D eigenvalue weighted by Crippen LogP contribution is 2.18. The van der Waals surface area contributed by atoms with Crippen LogP contribution in [0.3, 0.4) is 0 Å². The summed E-state index contributed by atoms with van der Waals surface area (Å²) in [6.07, 6.45) is 5.16. The molecule has 15 heavy (non-hydrogen) atoms. The summed E-state index contributed by atoms with van der Waals surface area (Å²) in [5, 5.41) is 1.27. The molecule has 0 atom stereocenters. The fourth-order valence-corrected chi connectivity index (χ4v) is 1.98. The monoisotopic (exact) mass is 219 g/mol. The van der Waals surface area contributed by atoms with Crippen LogP contribution >= 0.6 is 11.6 Å². The van der Waals surface area contributed by atoms with Crippen molar-refractivity contribution in [3.63, 3.8) is 0 Å². The standard InChI is InChI=1S/C13H14ClN/c14-9-2-1-5-11-6-3-8-13-12(11)7-4-10-15-13/h3-4,6-8,10H,1-2,5,9H2. The third kappa shape index (κ3) is 2.48. The number of aromatic nitrogens is 1. The molecule has 0 aliphatic rings. The smallest absolute Gasteiger partial charge is 0.0704 e. The van der Waals surface area contributed by atoms with Crippen molar-refractivity contribution in [3.8, 4) is 0 Å². The van der Waals surface area contributed by atoms with E-state index in [0.29, 0.717) is 0 Å². The largest absolute Gasteiger partial charge is 0.256 e. The van der Waals surface area contributed by atoms with Crippen molar-refractivity contribution in [2.75, 3.05) is 5.88 Å². The summed E-state index contributed by atoms with van der Waals surface area (Å²) >= 11 is 5.67. The highest BCUT2D eigenvalue weighted by molar-refractivity contribution is 6.17. The van der Waals surface area contributed by atoms with Crippen LogP contribution in [0, 0.1) is 0 Å². The molecule has 0 aliphatic carbocycles. The van der Waals surface area contributed by atoms with Crippen molar-refractivity contribution >= 4 is 22.5 Å². The normalized spacial score (nSPS) is 10.7. The van der Waals surface area contributed by atoms with E-state index in [1.165, 1.54) is 10.9 Å². The second-order valence-electron chi connectivity index (χ2n) is 3.63. The number of benzene rings is 1. The van der Waals surface area contributed by atoms with Crippen LogP contribution in [-0.4, -0.2) is 10.9 Å². The van der Waals surface area contributed by atoms with Gasteiger partial charge in [-0.1, -0.05) is 18.2 Å². The molecule has 0 amide bonds. The zero-order valence-corrected chi connectivity index (χ0v) is 9.37. The molecule has 2 aromatic rings. The molecular weight excluding hydrogens is 206 g/mol. The second kappa shape index (κ2) is 5.13. The maximum absolute atomic E-state index is 5.67. The Morgan fingerprint density at radius 3 is 2.87 bits per heavy atom. The molecule has 2 heteroatoms. The van der Waals surface area contributed by atoms with Crippen LogP contribution in [0.2, 0.25) is 0 Å². The molecule has 0 fully saturated rings. The Morgan fingerprint density at radius 1 is 1.07 bits per heavy atom. The lowest BCUT2D eigenvalue weighted by Crippen LogP contribution is -1.89. The van der Waals surface area contributed by atoms with E-state index >= 15 is 0 Å². The third-order valence-corrected chi connectivity index (χ3v) is 2.83. The lowest BCUT2D eigenvalue weighted by molar-refractivity contribution is 0.803. The second-order valence-corrected chi connectivity index (χ2v) is 4.01. The number of alkyl halides is 1. The van der Waals surface area contributed by atoms with E-state index in [2.05, 4.69) is 29.2 Å². The summed E-state index contributed by atoms with van der Waals surface area (Å²) in [5.41, 5.74) is 2.46. The fourth-order valence-electron chi connectivity index (χ4n) is 1.80. The van der Waals surface area contributed by atoms with Gasteiger partial charge in [0, 0.05) is 17.5 Å². The number of aryl methyl sites for hydroxylation is 1. The number of hydrogen-bond donors (Lipinski definition) is 0. The summed E-state index contributed by atoms with van der Waals surface area (Å²) < 4.78 is 0. The molecule has 0 spiro atoms. The highest BCUT2D eigenvalue weighted by atomic mass is 35.5. The topological polar surface area (TPSA) is 12.9 Å². The zero-order chi connectivity index (χ0) is 10.5. The van der Waals surface area contributed by atoms with Crippen molar-refractivity contribution in [1.82, 2.24) is 4.98 Å². The first-order valence-electron chi connectivity index (χ1n) is 5.30. The molecule has 78 valence electrons. The van der Waals surface area contributed by atoms with Gasteiger partial charge in [0.1, 0.15) is 0 Å². The number of pyridine rings is 1. The summed E-state index contributed by atoms with van der Waals surface area (Å²) in [4.78, 5) is 4.34. The van der Waals surface area contributed by atoms with Crippen molar-refractivity contribution in [1.29, 1.82) is 0 Å². The number of hydrogen-bond acceptors (Lipinski definition) is 1. The Labute approximate surface area is 95.1 Å². The van der Waals surface area contributed by atoms with Crippen molar-refractivity contribution in [3.05, 3.63) is 42.1 Å². The van der Waals surface area contributed by atoms with Gasteiger partial charge in [-0.25, -0.2) is 0 Å². The van der Waals surface area contributed by atoms with Crippen LogP contribution in [-0.2, 0) is 6.42 Å². The fraction of sp³-hybridized carbons (Fsp3) is 0.308. The first-order valence-corrected chi connectivity index (χ1v) is 5.84. The summed E-state index contributed by atoms with van der Waals surface area (Å²) in [7, 11) is 0. The first kappa shape index (κ1) is 10.4. The van der Waals surface area contributed by atoms with Gasteiger partial charge in [-0.3, -0.25) is 4.98 Å². The van der Waals surface area contributed by atoms with Gasteiger partial charge in [-0.15, -0.1) is 11.6 Å². The minimum atomic E-state index is 0.753. The van der Waals surface area contributed by atoms with Crippen LogP contribution in [0.15, 0.2) is 36.5 Å².